The van der Waals surface area contributed by atoms with Crippen LogP contribution in [0, 0.1) is 23.2 Å². The number of benzene rings is 1. The molecular weight excluding hydrogens is 246 g/mol. The van der Waals surface area contributed by atoms with E-state index in [-0.39, 0.29) is 0 Å². The van der Waals surface area contributed by atoms with E-state index in [0.29, 0.717) is 5.92 Å². The molecule has 1 aliphatic rings. The van der Waals surface area contributed by atoms with Gasteiger partial charge >= 0.3 is 0 Å². The summed E-state index contributed by atoms with van der Waals surface area (Å²) in [4.78, 5) is 2.38. The summed E-state index contributed by atoms with van der Waals surface area (Å²) in [6, 6.07) is 8.65. The summed E-state index contributed by atoms with van der Waals surface area (Å²) in [7, 11) is 0. The second-order valence-corrected chi connectivity index (χ2v) is 5.93. The molecule has 0 aliphatic carbocycles. The highest BCUT2D eigenvalue weighted by atomic mass is 15.1. The average Bonchev–Trinajstić information content (AvgIpc) is 2.47. The number of anilines is 1. The molecule has 1 saturated heterocycles. The topological polar surface area (TPSA) is 39.1 Å². The molecule has 1 aliphatic heterocycles. The maximum atomic E-state index is 9.42. The van der Waals surface area contributed by atoms with Gasteiger partial charge in [0.2, 0.25) is 0 Å². The molecular formula is C17H25N3. The fourth-order valence-corrected chi connectivity index (χ4v) is 2.81. The van der Waals surface area contributed by atoms with Crippen molar-refractivity contribution in [3.05, 3.63) is 29.3 Å². The lowest BCUT2D eigenvalue weighted by Gasteiger charge is -2.37. The SMILES string of the molecule is CCNCc1ccc(N2CCC(C)C(C)C2)c(C#N)c1. The minimum absolute atomic E-state index is 0.691. The van der Waals surface area contributed by atoms with Crippen molar-refractivity contribution in [2.75, 3.05) is 24.5 Å². The maximum absolute atomic E-state index is 9.42. The van der Waals surface area contributed by atoms with Gasteiger partial charge in [0.05, 0.1) is 11.3 Å². The summed E-state index contributed by atoms with van der Waals surface area (Å²) in [6.45, 7) is 10.6. The van der Waals surface area contributed by atoms with Gasteiger partial charge in [0, 0.05) is 19.6 Å². The van der Waals surface area contributed by atoms with Gasteiger partial charge in [-0.15, -0.1) is 0 Å². The number of nitrogens with one attached hydrogen (secondary N) is 1. The molecule has 0 spiro atoms. The van der Waals surface area contributed by atoms with Gasteiger partial charge in [0.1, 0.15) is 6.07 Å². The molecule has 3 heteroatoms. The Morgan fingerprint density at radius 2 is 2.15 bits per heavy atom. The van der Waals surface area contributed by atoms with E-state index in [0.717, 1.165) is 43.3 Å². The summed E-state index contributed by atoms with van der Waals surface area (Å²) in [5.41, 5.74) is 3.10. The molecule has 2 unspecified atom stereocenters. The third-order valence-electron chi connectivity index (χ3n) is 4.44. The van der Waals surface area contributed by atoms with Crippen LogP contribution in [0.25, 0.3) is 0 Å². The zero-order chi connectivity index (χ0) is 14.5. The normalized spacial score (nSPS) is 22.6. The first-order valence-electron chi connectivity index (χ1n) is 7.64. The van der Waals surface area contributed by atoms with Crippen LogP contribution in [-0.2, 0) is 6.54 Å². The number of hydrogen-bond donors (Lipinski definition) is 1. The first kappa shape index (κ1) is 14.9. The molecule has 1 N–H and O–H groups in total. The summed E-state index contributed by atoms with van der Waals surface area (Å²) < 4.78 is 0. The summed E-state index contributed by atoms with van der Waals surface area (Å²) in [5, 5.41) is 12.7. The van der Waals surface area contributed by atoms with Gasteiger partial charge in [-0.05, 0) is 42.5 Å². The molecule has 108 valence electrons. The minimum atomic E-state index is 0.691. The highest BCUT2D eigenvalue weighted by Crippen LogP contribution is 2.29. The fourth-order valence-electron chi connectivity index (χ4n) is 2.81. The van der Waals surface area contributed by atoms with Gasteiger partial charge in [-0.1, -0.05) is 26.8 Å². The second-order valence-electron chi connectivity index (χ2n) is 5.93. The fraction of sp³-hybridized carbons (Fsp3) is 0.588. The van der Waals surface area contributed by atoms with Gasteiger partial charge in [-0.2, -0.15) is 5.26 Å². The highest BCUT2D eigenvalue weighted by molar-refractivity contribution is 5.60. The van der Waals surface area contributed by atoms with Crippen LogP contribution in [0.2, 0.25) is 0 Å². The number of nitriles is 1. The summed E-state index contributed by atoms with van der Waals surface area (Å²) in [6.07, 6.45) is 1.21. The Kier molecular flexibility index (Phi) is 5.03. The second kappa shape index (κ2) is 6.76. The predicted molar refractivity (Wildman–Crippen MR) is 83.7 cm³/mol. The van der Waals surface area contributed by atoms with E-state index in [2.05, 4.69) is 49.2 Å². The molecule has 1 fully saturated rings. The van der Waals surface area contributed by atoms with Crippen LogP contribution < -0.4 is 10.2 Å². The minimum Gasteiger partial charge on any atom is -0.370 e. The zero-order valence-corrected chi connectivity index (χ0v) is 12.8. The van der Waals surface area contributed by atoms with Crippen molar-refractivity contribution < 1.29 is 0 Å². The first-order chi connectivity index (χ1) is 9.65. The van der Waals surface area contributed by atoms with Gasteiger partial charge < -0.3 is 10.2 Å². The third-order valence-corrected chi connectivity index (χ3v) is 4.44. The number of piperidine rings is 1. The van der Waals surface area contributed by atoms with E-state index in [1.165, 1.54) is 12.0 Å². The van der Waals surface area contributed by atoms with E-state index in [1.807, 2.05) is 6.07 Å². The predicted octanol–water partition coefficient (Wildman–Crippen LogP) is 3.15. The molecule has 1 heterocycles. The van der Waals surface area contributed by atoms with Crippen LogP contribution in [0.1, 0.15) is 38.3 Å². The Labute approximate surface area is 122 Å². The molecule has 0 radical (unpaired) electrons. The quantitative estimate of drug-likeness (QED) is 0.914. The monoisotopic (exact) mass is 271 g/mol. The lowest BCUT2D eigenvalue weighted by molar-refractivity contribution is 0.324. The molecule has 0 bridgehead atoms. The van der Waals surface area contributed by atoms with Gasteiger partial charge in [-0.25, -0.2) is 0 Å². The third kappa shape index (κ3) is 3.32. The Bertz CT molecular complexity index is 489. The number of hydrogen-bond acceptors (Lipinski definition) is 3. The Morgan fingerprint density at radius 3 is 2.80 bits per heavy atom. The first-order valence-corrected chi connectivity index (χ1v) is 7.64. The van der Waals surface area contributed by atoms with Crippen molar-refractivity contribution in [1.82, 2.24) is 5.32 Å². The van der Waals surface area contributed by atoms with E-state index in [4.69, 9.17) is 0 Å². The standard InChI is InChI=1S/C17H25N3/c1-4-19-11-15-5-6-17(16(9-15)10-18)20-8-7-13(2)14(3)12-20/h5-6,9,13-14,19H,4,7-8,11-12H2,1-3H3. The lowest BCUT2D eigenvalue weighted by atomic mass is 9.88. The molecule has 0 aromatic heterocycles. The maximum Gasteiger partial charge on any atom is 0.101 e. The molecule has 3 nitrogen and oxygen atoms in total. The average molecular weight is 271 g/mol. The summed E-state index contributed by atoms with van der Waals surface area (Å²) >= 11 is 0. The van der Waals surface area contributed by atoms with Gasteiger partial charge in [-0.3, -0.25) is 0 Å². The van der Waals surface area contributed by atoms with Crippen molar-refractivity contribution in [1.29, 1.82) is 5.26 Å². The highest BCUT2D eigenvalue weighted by Gasteiger charge is 2.24. The van der Waals surface area contributed by atoms with Crippen LogP contribution in [0.15, 0.2) is 18.2 Å². The van der Waals surface area contributed by atoms with Crippen LogP contribution in [0.4, 0.5) is 5.69 Å². The van der Waals surface area contributed by atoms with Gasteiger partial charge in [0.15, 0.2) is 0 Å². The summed E-state index contributed by atoms with van der Waals surface area (Å²) in [5.74, 6) is 1.47. The molecule has 1 aromatic carbocycles. The van der Waals surface area contributed by atoms with Crippen LogP contribution in [-0.4, -0.2) is 19.6 Å². The van der Waals surface area contributed by atoms with Crippen LogP contribution in [0.5, 0.6) is 0 Å². The molecule has 2 rings (SSSR count). The Balaban J connectivity index is 2.17. The largest absolute Gasteiger partial charge is 0.370 e. The van der Waals surface area contributed by atoms with E-state index in [1.54, 1.807) is 0 Å². The smallest absolute Gasteiger partial charge is 0.101 e. The van der Waals surface area contributed by atoms with Crippen molar-refractivity contribution in [3.8, 4) is 6.07 Å². The Morgan fingerprint density at radius 1 is 1.35 bits per heavy atom. The lowest BCUT2D eigenvalue weighted by Crippen LogP contribution is -2.38. The number of rotatable bonds is 4. The van der Waals surface area contributed by atoms with E-state index >= 15 is 0 Å². The van der Waals surface area contributed by atoms with Crippen molar-refractivity contribution in [2.45, 2.75) is 33.7 Å². The van der Waals surface area contributed by atoms with E-state index < -0.39 is 0 Å². The van der Waals surface area contributed by atoms with Crippen LogP contribution in [0.3, 0.4) is 0 Å². The number of nitrogens with zero attached hydrogens (tertiary/aromatic N) is 2. The molecule has 0 saturated carbocycles. The van der Waals surface area contributed by atoms with E-state index in [9.17, 15) is 5.26 Å². The molecule has 1 aromatic rings. The van der Waals surface area contributed by atoms with Crippen molar-refractivity contribution in [3.63, 3.8) is 0 Å². The van der Waals surface area contributed by atoms with Crippen LogP contribution >= 0.6 is 0 Å². The molecule has 0 amide bonds. The molecule has 2 atom stereocenters. The van der Waals surface area contributed by atoms with Crippen molar-refractivity contribution >= 4 is 5.69 Å². The molecule has 20 heavy (non-hydrogen) atoms. The Hall–Kier alpha value is -1.53. The van der Waals surface area contributed by atoms with Gasteiger partial charge in [0.25, 0.3) is 0 Å². The van der Waals surface area contributed by atoms with Crippen molar-refractivity contribution in [2.24, 2.45) is 11.8 Å². The zero-order valence-electron chi connectivity index (χ0n) is 12.8.